The highest BCUT2D eigenvalue weighted by Gasteiger charge is 2.60. The zero-order valence-corrected chi connectivity index (χ0v) is 14.1. The Morgan fingerprint density at radius 1 is 1.04 bits per heavy atom. The number of carbonyl (C=O) groups excluding carboxylic acids is 1. The number of aliphatic carboxylic acids is 1. The Kier molecular flexibility index (Phi) is 3.48. The summed E-state index contributed by atoms with van der Waals surface area (Å²) in [5, 5.41) is 9.33. The lowest BCUT2D eigenvalue weighted by atomic mass is 9.44. The molecule has 0 aliphatic heterocycles. The fourth-order valence-corrected chi connectivity index (χ4v) is 7.04. The average Bonchev–Trinajstić information content (AvgIpc) is 2.98. The second kappa shape index (κ2) is 5.19. The van der Waals surface area contributed by atoms with E-state index in [1.807, 2.05) is 6.08 Å². The molecule has 0 saturated heterocycles. The number of carboxylic acid groups (broad SMARTS) is 1. The third-order valence-corrected chi connectivity index (χ3v) is 8.13. The molecule has 1 unspecified atom stereocenters. The first-order chi connectivity index (χ1) is 11.0. The van der Waals surface area contributed by atoms with E-state index in [1.165, 1.54) is 38.5 Å². The minimum atomic E-state index is -1.24. The van der Waals surface area contributed by atoms with Crippen LogP contribution in [0.5, 0.6) is 0 Å². The number of allylic oxidation sites excluding steroid dienone is 2. The molecule has 0 spiro atoms. The number of Topliss-reactive ketones (excluding diaryl/α,β-unsaturated/α-hetero) is 1. The number of hydrogen-bond acceptors (Lipinski definition) is 2. The molecule has 3 saturated carbocycles. The van der Waals surface area contributed by atoms with E-state index in [9.17, 15) is 14.7 Å². The van der Waals surface area contributed by atoms with Gasteiger partial charge in [0.1, 0.15) is 0 Å². The topological polar surface area (TPSA) is 54.4 Å². The minimum Gasteiger partial charge on any atom is -0.475 e. The first-order valence-electron chi connectivity index (χ1n) is 9.44. The minimum absolute atomic E-state index is 0.240. The molecule has 4 aliphatic carbocycles. The van der Waals surface area contributed by atoms with Gasteiger partial charge in [0, 0.05) is 0 Å². The summed E-state index contributed by atoms with van der Waals surface area (Å²) >= 11 is 0. The smallest absolute Gasteiger partial charge is 0.373 e. The Morgan fingerprint density at radius 3 is 2.65 bits per heavy atom. The normalized spacial score (nSPS) is 48.2. The Bertz CT molecular complexity index is 565. The third kappa shape index (κ3) is 2.01. The average molecular weight is 316 g/mol. The summed E-state index contributed by atoms with van der Waals surface area (Å²) in [4.78, 5) is 23.9. The lowest BCUT2D eigenvalue weighted by Gasteiger charge is -2.59. The van der Waals surface area contributed by atoms with E-state index in [0.29, 0.717) is 17.3 Å². The third-order valence-electron chi connectivity index (χ3n) is 8.13. The molecule has 3 fully saturated rings. The highest BCUT2D eigenvalue weighted by atomic mass is 16.4. The maximum Gasteiger partial charge on any atom is 0.373 e. The molecule has 3 nitrogen and oxygen atoms in total. The van der Waals surface area contributed by atoms with Crippen LogP contribution >= 0.6 is 0 Å². The highest BCUT2D eigenvalue weighted by Crippen LogP contribution is 2.65. The van der Waals surface area contributed by atoms with Crippen LogP contribution < -0.4 is 0 Å². The summed E-state index contributed by atoms with van der Waals surface area (Å²) in [6, 6.07) is 0. The molecule has 4 aliphatic rings. The highest BCUT2D eigenvalue weighted by molar-refractivity contribution is 6.35. The van der Waals surface area contributed by atoms with Gasteiger partial charge in [-0.15, -0.1) is 0 Å². The van der Waals surface area contributed by atoms with E-state index in [4.69, 9.17) is 0 Å². The van der Waals surface area contributed by atoms with Gasteiger partial charge in [-0.1, -0.05) is 31.9 Å². The van der Waals surface area contributed by atoms with Gasteiger partial charge in [-0.2, -0.15) is 0 Å². The van der Waals surface area contributed by atoms with Crippen molar-refractivity contribution >= 4 is 11.8 Å². The number of fused-ring (bicyclic) bond motifs is 5. The van der Waals surface area contributed by atoms with Gasteiger partial charge in [0.15, 0.2) is 0 Å². The van der Waals surface area contributed by atoms with E-state index in [2.05, 4.69) is 13.0 Å². The molecule has 4 rings (SSSR count). The molecule has 23 heavy (non-hydrogen) atoms. The molecular weight excluding hydrogens is 288 g/mol. The molecule has 126 valence electrons. The molecule has 1 N–H and O–H groups in total. The second-order valence-corrected chi connectivity index (χ2v) is 8.75. The fraction of sp³-hybridized carbons (Fsp3) is 0.800. The molecule has 0 aromatic heterocycles. The van der Waals surface area contributed by atoms with Crippen LogP contribution in [0.4, 0.5) is 0 Å². The summed E-state index contributed by atoms with van der Waals surface area (Å²) in [6.07, 6.45) is 14.7. The molecule has 0 bridgehead atoms. The van der Waals surface area contributed by atoms with E-state index in [0.717, 1.165) is 25.2 Å². The van der Waals surface area contributed by atoms with Crippen molar-refractivity contribution in [3.8, 4) is 0 Å². The monoisotopic (exact) mass is 316 g/mol. The number of carboxylic acids is 1. The molecule has 0 amide bonds. The maximum absolute atomic E-state index is 12.5. The summed E-state index contributed by atoms with van der Waals surface area (Å²) in [6.45, 7) is 2.50. The van der Waals surface area contributed by atoms with Crippen molar-refractivity contribution in [2.75, 3.05) is 0 Å². The van der Waals surface area contributed by atoms with Crippen LogP contribution in [0.25, 0.3) is 0 Å². The van der Waals surface area contributed by atoms with Crippen LogP contribution in [0.3, 0.4) is 0 Å². The molecule has 0 aromatic rings. The maximum atomic E-state index is 12.5. The fourth-order valence-electron chi connectivity index (χ4n) is 7.04. The van der Waals surface area contributed by atoms with Crippen LogP contribution in [0.1, 0.15) is 64.7 Å². The number of rotatable bonds is 2. The first kappa shape index (κ1) is 15.4. The predicted octanol–water partition coefficient (Wildman–Crippen LogP) is 4.22. The SMILES string of the molecule is C[C@]12CCCCC1CC[C@H]1[C@@H]3CC=C[C@@]3(C(=O)C(=O)O)CC[C@@H]12. The van der Waals surface area contributed by atoms with Gasteiger partial charge in [-0.3, -0.25) is 4.79 Å². The molecule has 0 aromatic carbocycles. The molecule has 6 atom stereocenters. The standard InChI is InChI=1S/C20H28O3/c1-19-10-3-2-5-13(19)7-8-14-15(19)9-12-20(17(21)18(22)23)11-4-6-16(14)20/h4,11,13-16H,2-3,5-10,12H2,1H3,(H,22,23)/t13?,14-,15+,16+,19+,20-/m1/s1. The Hall–Kier alpha value is -1.12. The van der Waals surface area contributed by atoms with Gasteiger partial charge in [-0.05, 0) is 74.0 Å². The molecule has 0 radical (unpaired) electrons. The quantitative estimate of drug-likeness (QED) is 0.613. The summed E-state index contributed by atoms with van der Waals surface area (Å²) in [5.41, 5.74) is -0.257. The lowest BCUT2D eigenvalue weighted by Crippen LogP contribution is -2.55. The zero-order chi connectivity index (χ0) is 16.2. The van der Waals surface area contributed by atoms with Gasteiger partial charge in [-0.25, -0.2) is 4.79 Å². The van der Waals surface area contributed by atoms with Crippen LogP contribution in [-0.4, -0.2) is 16.9 Å². The second-order valence-electron chi connectivity index (χ2n) is 8.75. The molecule has 3 heteroatoms. The van der Waals surface area contributed by atoms with Crippen LogP contribution in [0, 0.1) is 34.5 Å². The van der Waals surface area contributed by atoms with Crippen molar-refractivity contribution in [3.63, 3.8) is 0 Å². The van der Waals surface area contributed by atoms with E-state index in [1.54, 1.807) is 0 Å². The molecule has 0 heterocycles. The number of carbonyl (C=O) groups is 2. The van der Waals surface area contributed by atoms with Crippen molar-refractivity contribution in [3.05, 3.63) is 12.2 Å². The number of ketones is 1. The van der Waals surface area contributed by atoms with Crippen molar-refractivity contribution < 1.29 is 14.7 Å². The van der Waals surface area contributed by atoms with Crippen molar-refractivity contribution in [1.82, 2.24) is 0 Å². The van der Waals surface area contributed by atoms with Crippen LogP contribution in [0.15, 0.2) is 12.2 Å². The largest absolute Gasteiger partial charge is 0.475 e. The summed E-state index contributed by atoms with van der Waals surface area (Å²) in [5.74, 6) is 0.546. The van der Waals surface area contributed by atoms with E-state index >= 15 is 0 Å². The Morgan fingerprint density at radius 2 is 1.87 bits per heavy atom. The predicted molar refractivity (Wildman–Crippen MR) is 87.8 cm³/mol. The van der Waals surface area contributed by atoms with Gasteiger partial charge < -0.3 is 5.11 Å². The Balaban J connectivity index is 1.67. The zero-order valence-electron chi connectivity index (χ0n) is 14.1. The first-order valence-corrected chi connectivity index (χ1v) is 9.44. The summed E-state index contributed by atoms with van der Waals surface area (Å²) in [7, 11) is 0. The van der Waals surface area contributed by atoms with Gasteiger partial charge in [0.05, 0.1) is 5.41 Å². The Labute approximate surface area is 138 Å². The number of hydrogen-bond donors (Lipinski definition) is 1. The van der Waals surface area contributed by atoms with Crippen LogP contribution in [0.2, 0.25) is 0 Å². The lowest BCUT2D eigenvalue weighted by molar-refractivity contribution is -0.160. The van der Waals surface area contributed by atoms with Crippen molar-refractivity contribution in [1.29, 1.82) is 0 Å². The van der Waals surface area contributed by atoms with Crippen LogP contribution in [-0.2, 0) is 9.59 Å². The van der Waals surface area contributed by atoms with Crippen molar-refractivity contribution in [2.24, 2.45) is 34.5 Å². The van der Waals surface area contributed by atoms with E-state index < -0.39 is 17.2 Å². The van der Waals surface area contributed by atoms with Gasteiger partial charge in [0.25, 0.3) is 0 Å². The van der Waals surface area contributed by atoms with Gasteiger partial charge in [0.2, 0.25) is 5.78 Å². The van der Waals surface area contributed by atoms with Gasteiger partial charge >= 0.3 is 5.97 Å². The summed E-state index contributed by atoms with van der Waals surface area (Å²) < 4.78 is 0. The van der Waals surface area contributed by atoms with E-state index in [-0.39, 0.29) is 5.92 Å². The van der Waals surface area contributed by atoms with Crippen molar-refractivity contribution in [2.45, 2.75) is 64.7 Å². The molecular formula is C20H28O3.